The van der Waals surface area contributed by atoms with Crippen LogP contribution >= 0.6 is 0 Å². The summed E-state index contributed by atoms with van der Waals surface area (Å²) in [6, 6.07) is 21.1. The molecule has 14 heavy (non-hydrogen) atoms. The Morgan fingerprint density at radius 1 is 0.571 bits per heavy atom. The molecule has 2 rings (SSSR count). The van der Waals surface area contributed by atoms with Gasteiger partial charge in [0, 0.05) is 19.5 Å². The summed E-state index contributed by atoms with van der Waals surface area (Å²) in [5.41, 5.74) is 2.74. The Kier molecular flexibility index (Phi) is 4.55. The first-order chi connectivity index (χ1) is 6.45. The van der Waals surface area contributed by atoms with Gasteiger partial charge in [-0.15, -0.1) is 0 Å². The second kappa shape index (κ2) is 5.72. The van der Waals surface area contributed by atoms with Crippen molar-refractivity contribution in [2.24, 2.45) is 0 Å². The molecule has 1 heteroatoms. The minimum Gasteiger partial charge on any atom is -0.0622 e. The molecule has 2 aromatic rings. The van der Waals surface area contributed by atoms with Crippen LogP contribution in [0.1, 0.15) is 11.1 Å². The average molecular weight is 234 g/mol. The van der Waals surface area contributed by atoms with Gasteiger partial charge in [0.1, 0.15) is 0 Å². The zero-order valence-corrected chi connectivity index (χ0v) is 11.2. The van der Waals surface area contributed by atoms with E-state index in [4.69, 9.17) is 0 Å². The normalized spacial score (nSPS) is 9.14. The van der Waals surface area contributed by atoms with E-state index in [1.165, 1.54) is 11.1 Å². The largest absolute Gasteiger partial charge is 0.0622 e. The molecule has 0 unspecified atom stereocenters. The van der Waals surface area contributed by atoms with Gasteiger partial charge < -0.3 is 0 Å². The zero-order chi connectivity index (χ0) is 8.93. The smallest absolute Gasteiger partial charge is 0 e. The first kappa shape index (κ1) is 11.1. The van der Waals surface area contributed by atoms with Crippen LogP contribution in [0.3, 0.4) is 0 Å². The molecule has 0 atom stereocenters. The van der Waals surface area contributed by atoms with Gasteiger partial charge in [-0.3, -0.25) is 0 Å². The van der Waals surface area contributed by atoms with Crippen molar-refractivity contribution in [3.63, 3.8) is 0 Å². The third-order valence-corrected chi connectivity index (χ3v) is 2.09. The van der Waals surface area contributed by atoms with Crippen LogP contribution in [0.5, 0.6) is 0 Å². The SMILES string of the molecule is [Zn].c1ccc(Cc2ccccc2)cc1. The molecular weight excluding hydrogens is 222 g/mol. The molecular formula is C13H12Zn. The molecule has 0 spiro atoms. The van der Waals surface area contributed by atoms with Crippen LogP contribution in [0.25, 0.3) is 0 Å². The van der Waals surface area contributed by atoms with Crippen LogP contribution in [0.2, 0.25) is 0 Å². The molecule has 0 saturated carbocycles. The standard InChI is InChI=1S/C13H12.Zn/c1-3-7-12(8-4-1)11-13-9-5-2-6-10-13;/h1-10H,11H2;. The van der Waals surface area contributed by atoms with Crippen molar-refractivity contribution < 1.29 is 19.5 Å². The van der Waals surface area contributed by atoms with Crippen molar-refractivity contribution in [1.82, 2.24) is 0 Å². The fourth-order valence-electron chi connectivity index (χ4n) is 1.43. The van der Waals surface area contributed by atoms with Gasteiger partial charge in [0.05, 0.1) is 0 Å². The maximum absolute atomic E-state index is 2.16. The summed E-state index contributed by atoms with van der Waals surface area (Å²) >= 11 is 0. The summed E-state index contributed by atoms with van der Waals surface area (Å²) in [5, 5.41) is 0. The minimum absolute atomic E-state index is 0. The first-order valence-corrected chi connectivity index (χ1v) is 4.53. The van der Waals surface area contributed by atoms with E-state index in [9.17, 15) is 0 Å². The Labute approximate surface area is 97.7 Å². The van der Waals surface area contributed by atoms with Gasteiger partial charge in [-0.1, -0.05) is 60.7 Å². The van der Waals surface area contributed by atoms with Gasteiger partial charge in [0.2, 0.25) is 0 Å². The Hall–Kier alpha value is -0.937. The quantitative estimate of drug-likeness (QED) is 0.699. The van der Waals surface area contributed by atoms with Crippen LogP contribution in [-0.4, -0.2) is 0 Å². The van der Waals surface area contributed by atoms with Gasteiger partial charge in [0.25, 0.3) is 0 Å². The summed E-state index contributed by atoms with van der Waals surface area (Å²) < 4.78 is 0. The van der Waals surface area contributed by atoms with E-state index >= 15 is 0 Å². The maximum Gasteiger partial charge on any atom is 0 e. The third kappa shape index (κ3) is 3.08. The molecule has 0 saturated heterocycles. The van der Waals surface area contributed by atoms with Crippen LogP contribution in [0.15, 0.2) is 60.7 Å². The predicted molar refractivity (Wildman–Crippen MR) is 55.7 cm³/mol. The Balaban J connectivity index is 0.000000980. The second-order valence-corrected chi connectivity index (χ2v) is 3.15. The number of hydrogen-bond acceptors (Lipinski definition) is 0. The Morgan fingerprint density at radius 3 is 1.29 bits per heavy atom. The Morgan fingerprint density at radius 2 is 0.929 bits per heavy atom. The topological polar surface area (TPSA) is 0 Å². The summed E-state index contributed by atoms with van der Waals surface area (Å²) in [7, 11) is 0. The van der Waals surface area contributed by atoms with Gasteiger partial charge in [-0.05, 0) is 17.5 Å². The van der Waals surface area contributed by atoms with Crippen molar-refractivity contribution >= 4 is 0 Å². The first-order valence-electron chi connectivity index (χ1n) is 4.53. The van der Waals surface area contributed by atoms with Gasteiger partial charge in [-0.25, -0.2) is 0 Å². The molecule has 0 radical (unpaired) electrons. The molecule has 0 nitrogen and oxygen atoms in total. The molecule has 0 aliphatic heterocycles. The maximum atomic E-state index is 2.16. The molecule has 66 valence electrons. The van der Waals surface area contributed by atoms with Gasteiger partial charge in [-0.2, -0.15) is 0 Å². The van der Waals surface area contributed by atoms with Gasteiger partial charge >= 0.3 is 0 Å². The average Bonchev–Trinajstić information content (AvgIpc) is 2.21. The summed E-state index contributed by atoms with van der Waals surface area (Å²) in [4.78, 5) is 0. The number of hydrogen-bond donors (Lipinski definition) is 0. The zero-order valence-electron chi connectivity index (χ0n) is 8.19. The molecule has 0 aliphatic carbocycles. The molecule has 0 aliphatic rings. The van der Waals surface area contributed by atoms with Crippen molar-refractivity contribution in [2.45, 2.75) is 6.42 Å². The van der Waals surface area contributed by atoms with E-state index in [0.717, 1.165) is 6.42 Å². The molecule has 0 N–H and O–H groups in total. The van der Waals surface area contributed by atoms with E-state index in [2.05, 4.69) is 60.7 Å². The summed E-state index contributed by atoms with van der Waals surface area (Å²) in [5.74, 6) is 0. The summed E-state index contributed by atoms with van der Waals surface area (Å²) in [6.07, 6.45) is 1.03. The molecule has 0 fully saturated rings. The predicted octanol–water partition coefficient (Wildman–Crippen LogP) is 3.27. The fourth-order valence-corrected chi connectivity index (χ4v) is 1.43. The molecule has 0 amide bonds. The van der Waals surface area contributed by atoms with Crippen LogP contribution in [-0.2, 0) is 25.9 Å². The Bertz CT molecular complexity index is 316. The van der Waals surface area contributed by atoms with Crippen LogP contribution < -0.4 is 0 Å². The van der Waals surface area contributed by atoms with Crippen LogP contribution in [0.4, 0.5) is 0 Å². The molecule has 0 bridgehead atoms. The van der Waals surface area contributed by atoms with Crippen LogP contribution in [0, 0.1) is 0 Å². The molecule has 2 aromatic carbocycles. The van der Waals surface area contributed by atoms with Crippen molar-refractivity contribution in [1.29, 1.82) is 0 Å². The van der Waals surface area contributed by atoms with Gasteiger partial charge in [0.15, 0.2) is 0 Å². The van der Waals surface area contributed by atoms with E-state index in [1.54, 1.807) is 0 Å². The van der Waals surface area contributed by atoms with Crippen molar-refractivity contribution in [2.75, 3.05) is 0 Å². The second-order valence-electron chi connectivity index (χ2n) is 3.15. The molecule has 0 heterocycles. The third-order valence-electron chi connectivity index (χ3n) is 2.09. The fraction of sp³-hybridized carbons (Fsp3) is 0.0769. The monoisotopic (exact) mass is 232 g/mol. The van der Waals surface area contributed by atoms with Crippen molar-refractivity contribution in [3.05, 3.63) is 71.8 Å². The number of benzene rings is 2. The minimum atomic E-state index is 0. The van der Waals surface area contributed by atoms with E-state index < -0.39 is 0 Å². The van der Waals surface area contributed by atoms with E-state index in [-0.39, 0.29) is 19.5 Å². The van der Waals surface area contributed by atoms with E-state index in [0.29, 0.717) is 0 Å². The van der Waals surface area contributed by atoms with E-state index in [1.807, 2.05) is 0 Å². The van der Waals surface area contributed by atoms with Crippen molar-refractivity contribution in [3.8, 4) is 0 Å². The number of rotatable bonds is 2. The molecule has 0 aromatic heterocycles. The summed E-state index contributed by atoms with van der Waals surface area (Å²) in [6.45, 7) is 0.